The zero-order valence-corrected chi connectivity index (χ0v) is 18.3. The van der Waals surface area contributed by atoms with Gasteiger partial charge in [0.2, 0.25) is 0 Å². The molecular formula is C21H14BrClN2O3S. The van der Waals surface area contributed by atoms with Gasteiger partial charge in [0.05, 0.1) is 16.4 Å². The summed E-state index contributed by atoms with van der Waals surface area (Å²) < 4.78 is 7.84. The van der Waals surface area contributed by atoms with Crippen molar-refractivity contribution >= 4 is 60.8 Å². The van der Waals surface area contributed by atoms with Crippen LogP contribution in [0.3, 0.4) is 0 Å². The van der Waals surface area contributed by atoms with E-state index in [0.717, 1.165) is 26.1 Å². The zero-order valence-electron chi connectivity index (χ0n) is 15.2. The van der Waals surface area contributed by atoms with E-state index in [0.29, 0.717) is 15.5 Å². The number of carbonyl (C=O) groups excluding carboxylic acids is 2. The number of nitrogens with zero attached hydrogens (tertiary/aromatic N) is 2. The number of aryl methyl sites for hydroxylation is 1. The van der Waals surface area contributed by atoms with Crippen LogP contribution < -0.4 is 0 Å². The third-order valence-electron chi connectivity index (χ3n) is 4.33. The first kappa shape index (κ1) is 19.8. The third-order valence-corrected chi connectivity index (χ3v) is 6.27. The predicted molar refractivity (Wildman–Crippen MR) is 117 cm³/mol. The molecule has 5 nitrogen and oxygen atoms in total. The summed E-state index contributed by atoms with van der Waals surface area (Å²) in [5.74, 6) is -0.799. The van der Waals surface area contributed by atoms with Crippen LogP contribution in [-0.4, -0.2) is 28.1 Å². The lowest BCUT2D eigenvalue weighted by Gasteiger charge is -2.05. The van der Waals surface area contributed by atoms with Crippen LogP contribution in [0.5, 0.6) is 0 Å². The van der Waals surface area contributed by atoms with E-state index in [1.807, 2.05) is 25.1 Å². The lowest BCUT2D eigenvalue weighted by molar-refractivity contribution is 0.0479. The minimum Gasteiger partial charge on any atom is -0.453 e. The SMILES string of the molecule is Cc1nn(-c2ccccc2Cl)c2sc(C(=O)OCC(=O)c3ccc(Br)cc3)cc12. The maximum absolute atomic E-state index is 12.5. The Morgan fingerprint density at radius 1 is 1.17 bits per heavy atom. The summed E-state index contributed by atoms with van der Waals surface area (Å²) in [6, 6.07) is 16.0. The van der Waals surface area contributed by atoms with Crippen LogP contribution >= 0.6 is 38.9 Å². The van der Waals surface area contributed by atoms with Gasteiger partial charge in [-0.15, -0.1) is 11.3 Å². The minimum atomic E-state index is -0.540. The third kappa shape index (κ3) is 3.99. The molecule has 0 N–H and O–H groups in total. The Morgan fingerprint density at radius 3 is 2.62 bits per heavy atom. The van der Waals surface area contributed by atoms with Crippen LogP contribution in [-0.2, 0) is 4.74 Å². The molecule has 2 aromatic heterocycles. The summed E-state index contributed by atoms with van der Waals surface area (Å²) in [4.78, 5) is 25.9. The Bertz CT molecular complexity index is 1230. The van der Waals surface area contributed by atoms with E-state index in [-0.39, 0.29) is 12.4 Å². The number of ether oxygens (including phenoxy) is 1. The van der Waals surface area contributed by atoms with Crippen molar-refractivity contribution in [2.24, 2.45) is 0 Å². The zero-order chi connectivity index (χ0) is 20.5. The number of hydrogen-bond donors (Lipinski definition) is 0. The van der Waals surface area contributed by atoms with Gasteiger partial charge in [0.1, 0.15) is 9.71 Å². The van der Waals surface area contributed by atoms with Crippen molar-refractivity contribution in [2.45, 2.75) is 6.92 Å². The van der Waals surface area contributed by atoms with Gasteiger partial charge in [0.15, 0.2) is 12.4 Å². The average Bonchev–Trinajstić information content (AvgIpc) is 3.28. The van der Waals surface area contributed by atoms with E-state index in [4.69, 9.17) is 16.3 Å². The van der Waals surface area contributed by atoms with Crippen LogP contribution in [0.15, 0.2) is 59.1 Å². The molecule has 4 rings (SSSR count). The first-order valence-corrected chi connectivity index (χ1v) is 10.6. The van der Waals surface area contributed by atoms with E-state index < -0.39 is 5.97 Å². The molecule has 8 heteroatoms. The summed E-state index contributed by atoms with van der Waals surface area (Å²) in [5.41, 5.74) is 2.00. The molecule has 0 saturated heterocycles. The van der Waals surface area contributed by atoms with Gasteiger partial charge in [-0.3, -0.25) is 4.79 Å². The van der Waals surface area contributed by atoms with Gasteiger partial charge < -0.3 is 4.74 Å². The molecule has 0 bridgehead atoms. The molecular weight excluding hydrogens is 476 g/mol. The minimum absolute atomic E-state index is 0.259. The molecule has 0 aliphatic heterocycles. The monoisotopic (exact) mass is 488 g/mol. The molecule has 146 valence electrons. The lowest BCUT2D eigenvalue weighted by atomic mass is 10.1. The Labute approximate surface area is 184 Å². The molecule has 2 aromatic carbocycles. The molecule has 0 atom stereocenters. The van der Waals surface area contributed by atoms with Crippen LogP contribution in [0, 0.1) is 6.92 Å². The number of aromatic nitrogens is 2. The molecule has 0 aliphatic rings. The number of ketones is 1. The number of carbonyl (C=O) groups is 2. The number of rotatable bonds is 5. The normalized spacial score (nSPS) is 11.0. The van der Waals surface area contributed by atoms with Crippen LogP contribution in [0.4, 0.5) is 0 Å². The molecule has 0 fully saturated rings. The van der Waals surface area contributed by atoms with Gasteiger partial charge in [-0.2, -0.15) is 5.10 Å². The quantitative estimate of drug-likeness (QED) is 0.260. The number of thiophene rings is 1. The Morgan fingerprint density at radius 2 is 1.90 bits per heavy atom. The summed E-state index contributed by atoms with van der Waals surface area (Å²) in [5, 5.41) is 5.95. The van der Waals surface area contributed by atoms with Crippen molar-refractivity contribution in [2.75, 3.05) is 6.61 Å². The van der Waals surface area contributed by atoms with Crippen molar-refractivity contribution in [3.05, 3.63) is 80.2 Å². The second kappa shape index (κ2) is 8.10. The summed E-state index contributed by atoms with van der Waals surface area (Å²) in [6.07, 6.45) is 0. The molecule has 2 heterocycles. The van der Waals surface area contributed by atoms with Gasteiger partial charge in [-0.25, -0.2) is 9.48 Å². The lowest BCUT2D eigenvalue weighted by Crippen LogP contribution is -2.13. The fourth-order valence-electron chi connectivity index (χ4n) is 2.86. The highest BCUT2D eigenvalue weighted by atomic mass is 79.9. The topological polar surface area (TPSA) is 61.2 Å². The van der Waals surface area contributed by atoms with E-state index >= 15 is 0 Å². The molecule has 4 aromatic rings. The molecule has 0 spiro atoms. The van der Waals surface area contributed by atoms with Gasteiger partial charge >= 0.3 is 5.97 Å². The van der Waals surface area contributed by atoms with Crippen molar-refractivity contribution in [3.8, 4) is 5.69 Å². The highest BCUT2D eigenvalue weighted by Gasteiger charge is 2.20. The number of esters is 1. The Kier molecular flexibility index (Phi) is 5.54. The summed E-state index contributed by atoms with van der Waals surface area (Å²) in [6.45, 7) is 1.55. The van der Waals surface area contributed by atoms with Crippen molar-refractivity contribution in [1.82, 2.24) is 9.78 Å². The highest BCUT2D eigenvalue weighted by molar-refractivity contribution is 9.10. The second-order valence-electron chi connectivity index (χ2n) is 6.28. The van der Waals surface area contributed by atoms with E-state index in [9.17, 15) is 9.59 Å². The fourth-order valence-corrected chi connectivity index (χ4v) is 4.41. The first-order chi connectivity index (χ1) is 13.9. The van der Waals surface area contributed by atoms with Gasteiger partial charge in [0, 0.05) is 15.4 Å². The number of benzene rings is 2. The van der Waals surface area contributed by atoms with Crippen LogP contribution in [0.25, 0.3) is 15.9 Å². The summed E-state index contributed by atoms with van der Waals surface area (Å²) >= 11 is 10.9. The molecule has 0 radical (unpaired) electrons. The number of fused-ring (bicyclic) bond motifs is 1. The number of Topliss-reactive ketones (excluding diaryl/α,β-unsaturated/α-hetero) is 1. The van der Waals surface area contributed by atoms with E-state index in [1.54, 1.807) is 41.1 Å². The van der Waals surface area contributed by atoms with E-state index in [1.165, 1.54) is 11.3 Å². The van der Waals surface area contributed by atoms with E-state index in [2.05, 4.69) is 21.0 Å². The molecule has 0 amide bonds. The Hall–Kier alpha value is -2.48. The maximum Gasteiger partial charge on any atom is 0.348 e. The van der Waals surface area contributed by atoms with Gasteiger partial charge in [-0.05, 0) is 37.3 Å². The predicted octanol–water partition coefficient (Wildman–Crippen LogP) is 5.85. The molecule has 0 saturated carbocycles. The number of halogens is 2. The van der Waals surface area contributed by atoms with Crippen molar-refractivity contribution in [1.29, 1.82) is 0 Å². The summed E-state index contributed by atoms with van der Waals surface area (Å²) in [7, 11) is 0. The fraction of sp³-hybridized carbons (Fsp3) is 0.0952. The Balaban J connectivity index is 1.56. The number of para-hydroxylation sites is 1. The van der Waals surface area contributed by atoms with Crippen molar-refractivity contribution < 1.29 is 14.3 Å². The standard InChI is InChI=1S/C21H14BrClN2O3S/c1-12-15-10-19(21(27)28-11-18(26)13-6-8-14(22)9-7-13)29-20(15)25(24-12)17-5-3-2-4-16(17)23/h2-10H,11H2,1H3. The van der Waals surface area contributed by atoms with Crippen LogP contribution in [0.2, 0.25) is 5.02 Å². The molecule has 29 heavy (non-hydrogen) atoms. The largest absolute Gasteiger partial charge is 0.453 e. The first-order valence-electron chi connectivity index (χ1n) is 8.64. The molecule has 0 aliphatic carbocycles. The maximum atomic E-state index is 12.5. The molecule has 0 unspecified atom stereocenters. The second-order valence-corrected chi connectivity index (χ2v) is 8.64. The van der Waals surface area contributed by atoms with Gasteiger partial charge in [0.25, 0.3) is 0 Å². The van der Waals surface area contributed by atoms with Gasteiger partial charge in [-0.1, -0.05) is 51.8 Å². The number of hydrogen-bond acceptors (Lipinski definition) is 5. The smallest absolute Gasteiger partial charge is 0.348 e. The van der Waals surface area contributed by atoms with Crippen molar-refractivity contribution in [3.63, 3.8) is 0 Å². The highest BCUT2D eigenvalue weighted by Crippen LogP contribution is 2.32. The average molecular weight is 490 g/mol. The van der Waals surface area contributed by atoms with Crippen LogP contribution in [0.1, 0.15) is 25.7 Å².